The summed E-state index contributed by atoms with van der Waals surface area (Å²) >= 11 is 0. The number of nitrogens with one attached hydrogen (secondary N) is 2. The van der Waals surface area contributed by atoms with Gasteiger partial charge in [0.1, 0.15) is 0 Å². The molecule has 0 aromatic heterocycles. The summed E-state index contributed by atoms with van der Waals surface area (Å²) in [6, 6.07) is 30.4. The van der Waals surface area contributed by atoms with Crippen LogP contribution in [0.2, 0.25) is 0 Å². The van der Waals surface area contributed by atoms with Gasteiger partial charge in [0, 0.05) is 11.3 Å². The molecule has 150 valence electrons. The first-order chi connectivity index (χ1) is 14.7. The Labute approximate surface area is 176 Å². The number of hydrogen-bond donors (Lipinski definition) is 2. The lowest BCUT2D eigenvalue weighted by Gasteiger charge is -2.19. The van der Waals surface area contributed by atoms with Crippen LogP contribution in [0.1, 0.15) is 35.4 Å². The quantitative estimate of drug-likeness (QED) is 0.642. The van der Waals surface area contributed by atoms with Crippen LogP contribution in [0.5, 0.6) is 0 Å². The zero-order valence-corrected chi connectivity index (χ0v) is 16.6. The molecule has 30 heavy (non-hydrogen) atoms. The first-order valence-corrected chi connectivity index (χ1v) is 10.5. The zero-order chi connectivity index (χ0) is 20.6. The van der Waals surface area contributed by atoms with Crippen molar-refractivity contribution >= 4 is 11.8 Å². The Kier molecular flexibility index (Phi) is 4.62. The van der Waals surface area contributed by atoms with Crippen LogP contribution < -0.4 is 10.9 Å². The lowest BCUT2D eigenvalue weighted by molar-refractivity contribution is -0.130. The van der Waals surface area contributed by atoms with Gasteiger partial charge in [0.25, 0.3) is 0 Å². The molecule has 3 aromatic carbocycles. The van der Waals surface area contributed by atoms with Crippen molar-refractivity contribution in [3.63, 3.8) is 0 Å². The van der Waals surface area contributed by atoms with Crippen molar-refractivity contribution in [1.29, 1.82) is 0 Å². The van der Waals surface area contributed by atoms with Gasteiger partial charge in [-0.3, -0.25) is 20.4 Å². The lowest BCUT2D eigenvalue weighted by Crippen LogP contribution is -2.44. The number of benzene rings is 3. The molecule has 0 radical (unpaired) electrons. The van der Waals surface area contributed by atoms with E-state index in [1.165, 1.54) is 5.56 Å². The minimum atomic E-state index is -0.330. The van der Waals surface area contributed by atoms with Gasteiger partial charge in [0.05, 0.1) is 5.92 Å². The Morgan fingerprint density at radius 2 is 1.20 bits per heavy atom. The maximum absolute atomic E-state index is 12.9. The molecule has 2 saturated carbocycles. The Hall–Kier alpha value is -3.40. The summed E-state index contributed by atoms with van der Waals surface area (Å²) in [6.45, 7) is 0. The van der Waals surface area contributed by atoms with Crippen LogP contribution in [0.15, 0.2) is 91.0 Å². The van der Waals surface area contributed by atoms with Crippen molar-refractivity contribution in [3.8, 4) is 0 Å². The SMILES string of the molecule is O=C(NNC(=O)[C@@H]1C[C@@H]1c1ccccc1)[C@H]1CC1(c1ccccc1)c1ccccc1. The van der Waals surface area contributed by atoms with Crippen molar-refractivity contribution in [2.24, 2.45) is 11.8 Å². The van der Waals surface area contributed by atoms with Crippen molar-refractivity contribution in [2.75, 3.05) is 0 Å². The highest BCUT2D eigenvalue weighted by Gasteiger charge is 2.60. The summed E-state index contributed by atoms with van der Waals surface area (Å²) in [5.74, 6) is -0.265. The third kappa shape index (κ3) is 3.28. The van der Waals surface area contributed by atoms with Crippen molar-refractivity contribution < 1.29 is 9.59 Å². The highest BCUT2D eigenvalue weighted by molar-refractivity contribution is 5.89. The third-order valence-electron chi connectivity index (χ3n) is 6.52. The molecule has 4 heteroatoms. The van der Waals surface area contributed by atoms with Crippen LogP contribution in [0.4, 0.5) is 0 Å². The molecule has 5 rings (SSSR count). The van der Waals surface area contributed by atoms with E-state index in [4.69, 9.17) is 0 Å². The predicted molar refractivity (Wildman–Crippen MR) is 115 cm³/mol. The number of hydrogen-bond acceptors (Lipinski definition) is 2. The largest absolute Gasteiger partial charge is 0.273 e. The molecule has 0 aliphatic heterocycles. The fraction of sp³-hybridized carbons (Fsp3) is 0.231. The van der Waals surface area contributed by atoms with Gasteiger partial charge < -0.3 is 0 Å². The Bertz CT molecular complexity index is 1010. The van der Waals surface area contributed by atoms with Crippen molar-refractivity contribution in [3.05, 3.63) is 108 Å². The highest BCUT2D eigenvalue weighted by atomic mass is 16.2. The van der Waals surface area contributed by atoms with Crippen LogP contribution >= 0.6 is 0 Å². The Balaban J connectivity index is 1.25. The minimum Gasteiger partial charge on any atom is -0.273 e. The van der Waals surface area contributed by atoms with Crippen LogP contribution in [-0.4, -0.2) is 11.8 Å². The fourth-order valence-corrected chi connectivity index (χ4v) is 4.71. The second kappa shape index (κ2) is 7.45. The summed E-state index contributed by atoms with van der Waals surface area (Å²) in [6.07, 6.45) is 1.56. The molecule has 0 spiro atoms. The summed E-state index contributed by atoms with van der Waals surface area (Å²) < 4.78 is 0. The van der Waals surface area contributed by atoms with E-state index in [9.17, 15) is 9.59 Å². The standard InChI is InChI=1S/C26H24N2O2/c29-24(22-16-21(22)18-10-4-1-5-11-18)27-28-25(30)23-17-26(23,19-12-6-2-7-13-19)20-14-8-3-9-15-20/h1-15,21-23H,16-17H2,(H,27,29)(H,28,30)/t21-,22-,23-/m1/s1. The summed E-state index contributed by atoms with van der Waals surface area (Å²) in [4.78, 5) is 25.5. The predicted octanol–water partition coefficient (Wildman–Crippen LogP) is 3.94. The monoisotopic (exact) mass is 396 g/mol. The first kappa shape index (κ1) is 18.6. The molecular formula is C26H24N2O2. The van der Waals surface area contributed by atoms with Gasteiger partial charge in [-0.15, -0.1) is 0 Å². The average Bonchev–Trinajstić information content (AvgIpc) is 3.73. The number of rotatable bonds is 5. The van der Waals surface area contributed by atoms with Gasteiger partial charge in [-0.1, -0.05) is 91.0 Å². The van der Waals surface area contributed by atoms with Gasteiger partial charge in [0.2, 0.25) is 11.8 Å². The van der Waals surface area contributed by atoms with Gasteiger partial charge in [-0.2, -0.15) is 0 Å². The highest BCUT2D eigenvalue weighted by Crippen LogP contribution is 2.58. The molecule has 0 heterocycles. The van der Waals surface area contributed by atoms with E-state index >= 15 is 0 Å². The van der Waals surface area contributed by atoms with Gasteiger partial charge >= 0.3 is 0 Å². The van der Waals surface area contributed by atoms with Crippen LogP contribution in [0, 0.1) is 11.8 Å². The van der Waals surface area contributed by atoms with Gasteiger partial charge in [0.15, 0.2) is 0 Å². The maximum Gasteiger partial charge on any atom is 0.242 e. The van der Waals surface area contributed by atoms with Gasteiger partial charge in [-0.05, 0) is 35.4 Å². The summed E-state index contributed by atoms with van der Waals surface area (Å²) in [5.41, 5.74) is 8.48. The van der Waals surface area contributed by atoms with E-state index in [0.717, 1.165) is 24.0 Å². The Morgan fingerprint density at radius 1 is 0.700 bits per heavy atom. The van der Waals surface area contributed by atoms with Gasteiger partial charge in [-0.25, -0.2) is 0 Å². The summed E-state index contributed by atoms with van der Waals surface area (Å²) in [5, 5.41) is 0. The number of carbonyl (C=O) groups is 2. The molecule has 4 nitrogen and oxygen atoms in total. The first-order valence-electron chi connectivity index (χ1n) is 10.5. The van der Waals surface area contributed by atoms with Crippen LogP contribution in [0.25, 0.3) is 0 Å². The molecule has 0 bridgehead atoms. The number of amides is 2. The number of hydrazine groups is 1. The van der Waals surface area contributed by atoms with E-state index in [1.54, 1.807) is 0 Å². The van der Waals surface area contributed by atoms with Crippen LogP contribution in [-0.2, 0) is 15.0 Å². The Morgan fingerprint density at radius 3 is 1.77 bits per heavy atom. The molecule has 2 aliphatic rings. The van der Waals surface area contributed by atoms with E-state index in [-0.39, 0.29) is 35.0 Å². The maximum atomic E-state index is 12.9. The normalized spacial score (nSPS) is 23.3. The molecular weight excluding hydrogens is 372 g/mol. The zero-order valence-electron chi connectivity index (χ0n) is 16.6. The molecule has 3 atom stereocenters. The molecule has 2 N–H and O–H groups in total. The van der Waals surface area contributed by atoms with E-state index in [2.05, 4.69) is 47.2 Å². The average molecular weight is 396 g/mol. The topological polar surface area (TPSA) is 58.2 Å². The second-order valence-electron chi connectivity index (χ2n) is 8.30. The van der Waals surface area contributed by atoms with E-state index < -0.39 is 0 Å². The van der Waals surface area contributed by atoms with E-state index in [1.807, 2.05) is 54.6 Å². The summed E-state index contributed by atoms with van der Waals surface area (Å²) in [7, 11) is 0. The molecule has 2 amide bonds. The molecule has 3 aromatic rings. The molecule has 2 fully saturated rings. The molecule has 0 saturated heterocycles. The molecule has 0 unspecified atom stereocenters. The second-order valence-corrected chi connectivity index (χ2v) is 8.30. The van der Waals surface area contributed by atoms with E-state index in [0.29, 0.717) is 0 Å². The fourth-order valence-electron chi connectivity index (χ4n) is 4.71. The third-order valence-corrected chi connectivity index (χ3v) is 6.52. The van der Waals surface area contributed by atoms with Crippen molar-refractivity contribution in [2.45, 2.75) is 24.2 Å². The lowest BCUT2D eigenvalue weighted by atomic mass is 9.85. The molecule has 2 aliphatic carbocycles. The smallest absolute Gasteiger partial charge is 0.242 e. The van der Waals surface area contributed by atoms with Crippen LogP contribution in [0.3, 0.4) is 0 Å². The minimum absolute atomic E-state index is 0.0695. The number of carbonyl (C=O) groups excluding carboxylic acids is 2. The van der Waals surface area contributed by atoms with Crippen molar-refractivity contribution in [1.82, 2.24) is 10.9 Å².